The van der Waals surface area contributed by atoms with Crippen LogP contribution in [0.4, 0.5) is 0 Å². The molecule has 0 aliphatic heterocycles. The highest BCUT2D eigenvalue weighted by molar-refractivity contribution is 7.80. The number of halogens is 3. The molecule has 0 spiro atoms. The van der Waals surface area contributed by atoms with E-state index < -0.39 is 0 Å². The smallest absolute Gasteiger partial charge is 0.137 e. The van der Waals surface area contributed by atoms with Gasteiger partial charge in [-0.15, -0.1) is 19.0 Å². The normalized spacial score (nSPS) is 13.3. The minimum Gasteiger partial charge on any atom is -0.240 e. The third-order valence-electron chi connectivity index (χ3n) is 2.85. The van der Waals surface area contributed by atoms with E-state index in [0.29, 0.717) is 10.0 Å². The number of hydrogen-bond acceptors (Lipinski definition) is 3. The van der Waals surface area contributed by atoms with Crippen molar-refractivity contribution in [1.82, 2.24) is 14.8 Å². The maximum absolute atomic E-state index is 6.27. The third-order valence-corrected chi connectivity index (χ3v) is 4.01. The lowest BCUT2D eigenvalue weighted by molar-refractivity contribution is 0.505. The molecule has 20 heavy (non-hydrogen) atoms. The van der Waals surface area contributed by atoms with E-state index in [1.165, 1.54) is 6.33 Å². The van der Waals surface area contributed by atoms with E-state index in [1.54, 1.807) is 17.1 Å². The molecule has 2 rings (SSSR count). The van der Waals surface area contributed by atoms with E-state index >= 15 is 0 Å². The van der Waals surface area contributed by atoms with Crippen LogP contribution in [0.1, 0.15) is 23.3 Å². The number of nitrogens with zero attached hydrogens (tertiary/aromatic N) is 3. The Balaban J connectivity index is 0.00000200. The predicted molar refractivity (Wildman–Crippen MR) is 89.3 cm³/mol. The van der Waals surface area contributed by atoms with Gasteiger partial charge in [-0.25, -0.2) is 9.67 Å². The van der Waals surface area contributed by atoms with Gasteiger partial charge in [0, 0.05) is 16.0 Å². The van der Waals surface area contributed by atoms with Gasteiger partial charge in [0.15, 0.2) is 0 Å². The highest BCUT2D eigenvalue weighted by Crippen LogP contribution is 2.38. The van der Waals surface area contributed by atoms with Crippen molar-refractivity contribution in [3.63, 3.8) is 0 Å². The van der Waals surface area contributed by atoms with Crippen molar-refractivity contribution in [2.45, 2.75) is 17.7 Å². The van der Waals surface area contributed by atoms with Gasteiger partial charge in [-0.05, 0) is 24.1 Å². The summed E-state index contributed by atoms with van der Waals surface area (Å²) in [6, 6.07) is 5.47. The topological polar surface area (TPSA) is 30.7 Å². The fraction of sp³-hybridized carbons (Fsp3) is 0.231. The largest absolute Gasteiger partial charge is 0.240 e. The standard InChI is InChI=1S/C13H13Cl2N3S.ClH/c1-2-3-11(13(19)18-8-16-7-17-18)10-5-4-9(14)6-12(10)15;/h2,4-8,11,13,19H,1,3H2;1H. The molecule has 2 aromatic rings. The van der Waals surface area contributed by atoms with Gasteiger partial charge in [0.2, 0.25) is 0 Å². The summed E-state index contributed by atoms with van der Waals surface area (Å²) in [5, 5.41) is 5.19. The Hall–Kier alpha value is -0.680. The van der Waals surface area contributed by atoms with Gasteiger partial charge in [-0.3, -0.25) is 0 Å². The van der Waals surface area contributed by atoms with Crippen LogP contribution < -0.4 is 0 Å². The summed E-state index contributed by atoms with van der Waals surface area (Å²) in [6.45, 7) is 3.79. The van der Waals surface area contributed by atoms with Gasteiger partial charge in [-0.1, -0.05) is 35.3 Å². The van der Waals surface area contributed by atoms with E-state index in [-0.39, 0.29) is 23.7 Å². The molecular weight excluding hydrogens is 337 g/mol. The third kappa shape index (κ3) is 3.92. The molecule has 0 fully saturated rings. The van der Waals surface area contributed by atoms with Gasteiger partial charge in [0.25, 0.3) is 0 Å². The van der Waals surface area contributed by atoms with Crippen LogP contribution in [0.5, 0.6) is 0 Å². The molecule has 1 aromatic heterocycles. The minimum absolute atomic E-state index is 0. The van der Waals surface area contributed by atoms with Crippen molar-refractivity contribution >= 4 is 48.2 Å². The Morgan fingerprint density at radius 2 is 2.15 bits per heavy atom. The van der Waals surface area contributed by atoms with Gasteiger partial charge >= 0.3 is 0 Å². The molecule has 0 saturated carbocycles. The van der Waals surface area contributed by atoms with E-state index in [2.05, 4.69) is 29.3 Å². The maximum Gasteiger partial charge on any atom is 0.137 e. The molecule has 7 heteroatoms. The number of aromatic nitrogens is 3. The molecule has 0 amide bonds. The predicted octanol–water partition coefficient (Wildman–Crippen LogP) is 4.80. The van der Waals surface area contributed by atoms with Gasteiger partial charge in [0.1, 0.15) is 18.0 Å². The quantitative estimate of drug-likeness (QED) is 0.620. The van der Waals surface area contributed by atoms with E-state index in [0.717, 1.165) is 12.0 Å². The summed E-state index contributed by atoms with van der Waals surface area (Å²) in [5.41, 5.74) is 0.974. The first kappa shape index (κ1) is 17.4. The lowest BCUT2D eigenvalue weighted by Gasteiger charge is -2.23. The Kier molecular flexibility index (Phi) is 6.89. The molecule has 108 valence electrons. The zero-order valence-electron chi connectivity index (χ0n) is 10.5. The molecule has 0 aliphatic rings. The number of benzene rings is 1. The van der Waals surface area contributed by atoms with Crippen LogP contribution in [0.25, 0.3) is 0 Å². The summed E-state index contributed by atoms with van der Waals surface area (Å²) in [5.74, 6) is 0.0484. The first-order valence-electron chi connectivity index (χ1n) is 5.71. The molecule has 0 bridgehead atoms. The lowest BCUT2D eigenvalue weighted by Crippen LogP contribution is -2.14. The van der Waals surface area contributed by atoms with Gasteiger partial charge in [0.05, 0.1) is 0 Å². The van der Waals surface area contributed by atoms with Crippen molar-refractivity contribution in [3.05, 3.63) is 59.1 Å². The summed E-state index contributed by atoms with van der Waals surface area (Å²) < 4.78 is 1.70. The van der Waals surface area contributed by atoms with Crippen molar-refractivity contribution < 1.29 is 0 Å². The molecule has 2 unspecified atom stereocenters. The first-order chi connectivity index (χ1) is 9.13. The van der Waals surface area contributed by atoms with Crippen LogP contribution in [0.15, 0.2) is 43.5 Å². The van der Waals surface area contributed by atoms with Crippen LogP contribution in [-0.2, 0) is 0 Å². The van der Waals surface area contributed by atoms with E-state index in [1.807, 2.05) is 18.2 Å². The highest BCUT2D eigenvalue weighted by atomic mass is 35.5. The molecule has 0 saturated heterocycles. The number of thiol groups is 1. The summed E-state index contributed by atoms with van der Waals surface area (Å²) in [4.78, 5) is 3.94. The van der Waals surface area contributed by atoms with Crippen LogP contribution in [0.3, 0.4) is 0 Å². The van der Waals surface area contributed by atoms with Crippen molar-refractivity contribution in [1.29, 1.82) is 0 Å². The van der Waals surface area contributed by atoms with Crippen LogP contribution in [-0.4, -0.2) is 14.8 Å². The average Bonchev–Trinajstić information content (AvgIpc) is 2.90. The number of rotatable bonds is 5. The zero-order chi connectivity index (χ0) is 13.8. The van der Waals surface area contributed by atoms with Crippen LogP contribution in [0, 0.1) is 0 Å². The molecule has 0 aliphatic carbocycles. The van der Waals surface area contributed by atoms with Crippen LogP contribution in [0.2, 0.25) is 10.0 Å². The van der Waals surface area contributed by atoms with E-state index in [4.69, 9.17) is 23.2 Å². The van der Waals surface area contributed by atoms with Crippen molar-refractivity contribution in [2.24, 2.45) is 0 Å². The van der Waals surface area contributed by atoms with Gasteiger partial charge in [-0.2, -0.15) is 17.7 Å². The number of hydrogen-bond donors (Lipinski definition) is 1. The lowest BCUT2D eigenvalue weighted by atomic mass is 9.95. The van der Waals surface area contributed by atoms with Gasteiger partial charge < -0.3 is 0 Å². The zero-order valence-corrected chi connectivity index (χ0v) is 13.7. The monoisotopic (exact) mass is 349 g/mol. The molecule has 0 radical (unpaired) electrons. The Bertz CT molecular complexity index is 560. The Labute approximate surface area is 139 Å². The summed E-state index contributed by atoms with van der Waals surface area (Å²) >= 11 is 16.8. The van der Waals surface area contributed by atoms with Crippen molar-refractivity contribution in [2.75, 3.05) is 0 Å². The second-order valence-corrected chi connectivity index (χ2v) is 5.46. The second-order valence-electron chi connectivity index (χ2n) is 4.09. The minimum atomic E-state index is -0.167. The molecule has 0 N–H and O–H groups in total. The van der Waals surface area contributed by atoms with Crippen LogP contribution >= 0.6 is 48.2 Å². The fourth-order valence-electron chi connectivity index (χ4n) is 1.93. The molecular formula is C13H14Cl3N3S. The fourth-order valence-corrected chi connectivity index (χ4v) is 2.88. The Morgan fingerprint density at radius 1 is 1.40 bits per heavy atom. The first-order valence-corrected chi connectivity index (χ1v) is 6.98. The molecule has 1 heterocycles. The van der Waals surface area contributed by atoms with E-state index in [9.17, 15) is 0 Å². The summed E-state index contributed by atoms with van der Waals surface area (Å²) in [6.07, 6.45) is 5.69. The van der Waals surface area contributed by atoms with Crippen molar-refractivity contribution in [3.8, 4) is 0 Å². The summed E-state index contributed by atoms with van der Waals surface area (Å²) in [7, 11) is 0. The molecule has 2 atom stereocenters. The Morgan fingerprint density at radius 3 is 2.70 bits per heavy atom. The SMILES string of the molecule is C=CCC(c1ccc(Cl)cc1Cl)C(S)n1cncn1.Cl. The maximum atomic E-state index is 6.27. The average molecular weight is 351 g/mol. The molecule has 3 nitrogen and oxygen atoms in total. The second kappa shape index (κ2) is 7.93. The molecule has 1 aromatic carbocycles. The highest BCUT2D eigenvalue weighted by Gasteiger charge is 2.23. The number of allylic oxidation sites excluding steroid dienone is 1.